The van der Waals surface area contributed by atoms with Crippen molar-refractivity contribution in [3.8, 4) is 0 Å². The molecule has 0 spiro atoms. The minimum atomic E-state index is -3.48. The number of rotatable bonds is 3. The zero-order valence-corrected chi connectivity index (χ0v) is 13.0. The quantitative estimate of drug-likeness (QED) is 0.947. The molecule has 0 amide bonds. The lowest BCUT2D eigenvalue weighted by atomic mass is 10.2. The van der Waals surface area contributed by atoms with Crippen molar-refractivity contribution in [2.75, 3.05) is 6.54 Å². The molecular formula is C15H19N3O2S. The van der Waals surface area contributed by atoms with Gasteiger partial charge >= 0.3 is 0 Å². The van der Waals surface area contributed by atoms with Gasteiger partial charge in [-0.2, -0.15) is 4.31 Å². The van der Waals surface area contributed by atoms with Crippen molar-refractivity contribution < 1.29 is 8.42 Å². The van der Waals surface area contributed by atoms with Crippen molar-refractivity contribution >= 4 is 10.0 Å². The molecule has 2 aromatic rings. The first kappa shape index (κ1) is 14.3. The Morgan fingerprint density at radius 1 is 1.29 bits per heavy atom. The van der Waals surface area contributed by atoms with Gasteiger partial charge < -0.3 is 4.98 Å². The second kappa shape index (κ2) is 5.27. The fraction of sp³-hybridized carbons (Fsp3) is 0.400. The number of benzene rings is 1. The maximum atomic E-state index is 12.9. The number of H-pyrrole nitrogens is 1. The Kier molecular flexibility index (Phi) is 3.59. The molecule has 0 saturated carbocycles. The highest BCUT2D eigenvalue weighted by Crippen LogP contribution is 2.35. The highest BCUT2D eigenvalue weighted by Gasteiger charge is 2.38. The van der Waals surface area contributed by atoms with Crippen LogP contribution in [0.3, 0.4) is 0 Å². The monoisotopic (exact) mass is 305 g/mol. The summed E-state index contributed by atoms with van der Waals surface area (Å²) in [6.45, 7) is 4.29. The lowest BCUT2D eigenvalue weighted by molar-refractivity contribution is 0.384. The molecule has 3 rings (SSSR count). The van der Waals surface area contributed by atoms with Crippen LogP contribution in [-0.2, 0) is 10.0 Å². The molecule has 1 aliphatic heterocycles. The van der Waals surface area contributed by atoms with Crippen molar-refractivity contribution in [2.24, 2.45) is 0 Å². The fourth-order valence-electron chi connectivity index (χ4n) is 2.88. The first-order valence-electron chi connectivity index (χ1n) is 7.09. The predicted octanol–water partition coefficient (Wildman–Crippen LogP) is 2.55. The van der Waals surface area contributed by atoms with Crippen LogP contribution in [-0.4, -0.2) is 29.2 Å². The molecule has 112 valence electrons. The van der Waals surface area contributed by atoms with Gasteiger partial charge in [-0.3, -0.25) is 0 Å². The summed E-state index contributed by atoms with van der Waals surface area (Å²) in [4.78, 5) is 7.87. The summed E-state index contributed by atoms with van der Waals surface area (Å²) in [5.41, 5.74) is 1.73. The van der Waals surface area contributed by atoms with Crippen molar-refractivity contribution in [1.29, 1.82) is 0 Å². The highest BCUT2D eigenvalue weighted by molar-refractivity contribution is 7.89. The highest BCUT2D eigenvalue weighted by atomic mass is 32.2. The van der Waals surface area contributed by atoms with Crippen LogP contribution < -0.4 is 0 Å². The molecule has 1 unspecified atom stereocenters. The van der Waals surface area contributed by atoms with E-state index in [-0.39, 0.29) is 6.04 Å². The van der Waals surface area contributed by atoms with E-state index in [2.05, 4.69) is 9.97 Å². The Bertz CT molecular complexity index is 752. The zero-order valence-electron chi connectivity index (χ0n) is 12.2. The topological polar surface area (TPSA) is 66.1 Å². The van der Waals surface area contributed by atoms with Gasteiger partial charge in [-0.1, -0.05) is 18.2 Å². The smallest absolute Gasteiger partial charge is 0.243 e. The van der Waals surface area contributed by atoms with Gasteiger partial charge in [0.25, 0.3) is 0 Å². The molecule has 1 atom stereocenters. The SMILES string of the molecule is Cc1cnc(C2CCCN2S(=O)(=O)c2ccccc2C)[nH]1. The number of aryl methyl sites for hydroxylation is 2. The van der Waals surface area contributed by atoms with E-state index < -0.39 is 10.0 Å². The Morgan fingerprint density at radius 2 is 2.05 bits per heavy atom. The molecule has 1 fully saturated rings. The van der Waals surface area contributed by atoms with Gasteiger partial charge in [0.15, 0.2) is 0 Å². The van der Waals surface area contributed by atoms with E-state index in [1.807, 2.05) is 26.0 Å². The zero-order chi connectivity index (χ0) is 15.0. The molecule has 0 bridgehead atoms. The third kappa shape index (κ3) is 2.49. The third-order valence-corrected chi connectivity index (χ3v) is 5.99. The van der Waals surface area contributed by atoms with Gasteiger partial charge in [-0.25, -0.2) is 13.4 Å². The van der Waals surface area contributed by atoms with E-state index in [4.69, 9.17) is 0 Å². The lowest BCUT2D eigenvalue weighted by Gasteiger charge is -2.23. The Morgan fingerprint density at radius 3 is 2.71 bits per heavy atom. The Hall–Kier alpha value is -1.66. The molecule has 1 aromatic carbocycles. The summed E-state index contributed by atoms with van der Waals surface area (Å²) in [7, 11) is -3.48. The van der Waals surface area contributed by atoms with E-state index in [0.29, 0.717) is 11.4 Å². The molecule has 21 heavy (non-hydrogen) atoms. The summed E-state index contributed by atoms with van der Waals surface area (Å²) in [6, 6.07) is 6.93. The fourth-order valence-corrected chi connectivity index (χ4v) is 4.76. The van der Waals surface area contributed by atoms with Crippen LogP contribution in [0.2, 0.25) is 0 Å². The lowest BCUT2D eigenvalue weighted by Crippen LogP contribution is -2.31. The first-order chi connectivity index (χ1) is 10.00. The largest absolute Gasteiger partial charge is 0.345 e. The number of aromatic amines is 1. The van der Waals surface area contributed by atoms with Crippen LogP contribution in [0.5, 0.6) is 0 Å². The number of nitrogens with one attached hydrogen (secondary N) is 1. The molecule has 0 aliphatic carbocycles. The van der Waals surface area contributed by atoms with E-state index in [0.717, 1.165) is 29.9 Å². The van der Waals surface area contributed by atoms with Crippen molar-refractivity contribution in [3.05, 3.63) is 47.5 Å². The number of nitrogens with zero attached hydrogens (tertiary/aromatic N) is 2. The minimum absolute atomic E-state index is 0.191. The van der Waals surface area contributed by atoms with Gasteiger partial charge in [0, 0.05) is 18.4 Å². The van der Waals surface area contributed by atoms with Crippen LogP contribution in [0.25, 0.3) is 0 Å². The first-order valence-corrected chi connectivity index (χ1v) is 8.53. The van der Waals surface area contributed by atoms with E-state index in [1.165, 1.54) is 0 Å². The summed E-state index contributed by atoms with van der Waals surface area (Å²) < 4.78 is 27.4. The molecule has 1 N–H and O–H groups in total. The van der Waals surface area contributed by atoms with Crippen LogP contribution in [0.15, 0.2) is 35.4 Å². The van der Waals surface area contributed by atoms with Crippen LogP contribution in [0.1, 0.15) is 36.0 Å². The number of aromatic nitrogens is 2. The second-order valence-electron chi connectivity index (χ2n) is 5.49. The predicted molar refractivity (Wildman–Crippen MR) is 80.4 cm³/mol. The van der Waals surface area contributed by atoms with Crippen LogP contribution >= 0.6 is 0 Å². The third-order valence-electron chi connectivity index (χ3n) is 3.92. The number of imidazole rings is 1. The maximum absolute atomic E-state index is 12.9. The van der Waals surface area contributed by atoms with Gasteiger partial charge in [-0.05, 0) is 38.3 Å². The molecular weight excluding hydrogens is 286 g/mol. The normalized spacial score (nSPS) is 20.0. The number of hydrogen-bond donors (Lipinski definition) is 1. The molecule has 5 nitrogen and oxygen atoms in total. The van der Waals surface area contributed by atoms with Gasteiger partial charge in [-0.15, -0.1) is 0 Å². The van der Waals surface area contributed by atoms with Gasteiger partial charge in [0.1, 0.15) is 5.82 Å². The second-order valence-corrected chi connectivity index (χ2v) is 7.35. The Labute approximate surface area is 125 Å². The average Bonchev–Trinajstić information content (AvgIpc) is 3.07. The average molecular weight is 305 g/mol. The van der Waals surface area contributed by atoms with E-state index in [9.17, 15) is 8.42 Å². The van der Waals surface area contributed by atoms with E-state index in [1.54, 1.807) is 22.6 Å². The standard InChI is InChI=1S/C15H19N3O2S/c1-11-6-3-4-8-14(11)21(19,20)18-9-5-7-13(18)15-16-10-12(2)17-15/h3-4,6,8,10,13H,5,7,9H2,1-2H3,(H,16,17). The minimum Gasteiger partial charge on any atom is -0.345 e. The molecule has 6 heteroatoms. The van der Waals surface area contributed by atoms with Crippen LogP contribution in [0.4, 0.5) is 0 Å². The van der Waals surface area contributed by atoms with Crippen LogP contribution in [0, 0.1) is 13.8 Å². The molecule has 1 saturated heterocycles. The molecule has 0 radical (unpaired) electrons. The summed E-state index contributed by atoms with van der Waals surface area (Å²) in [5.74, 6) is 0.738. The van der Waals surface area contributed by atoms with Crippen molar-refractivity contribution in [3.63, 3.8) is 0 Å². The van der Waals surface area contributed by atoms with Crippen molar-refractivity contribution in [2.45, 2.75) is 37.6 Å². The van der Waals surface area contributed by atoms with E-state index >= 15 is 0 Å². The summed E-state index contributed by atoms with van der Waals surface area (Å²) in [5, 5.41) is 0. The summed E-state index contributed by atoms with van der Waals surface area (Å²) >= 11 is 0. The molecule has 2 heterocycles. The number of sulfonamides is 1. The number of hydrogen-bond acceptors (Lipinski definition) is 3. The van der Waals surface area contributed by atoms with Gasteiger partial charge in [0.05, 0.1) is 10.9 Å². The molecule has 1 aliphatic rings. The van der Waals surface area contributed by atoms with Gasteiger partial charge in [0.2, 0.25) is 10.0 Å². The maximum Gasteiger partial charge on any atom is 0.243 e. The molecule has 1 aromatic heterocycles. The summed E-state index contributed by atoms with van der Waals surface area (Å²) in [6.07, 6.45) is 3.40. The Balaban J connectivity index is 2.00. The van der Waals surface area contributed by atoms with Crippen molar-refractivity contribution in [1.82, 2.24) is 14.3 Å².